The Kier molecular flexibility index (Phi) is 5.95. The highest BCUT2D eigenvalue weighted by atomic mass is 35.5. The minimum atomic E-state index is 0.00773. The van der Waals surface area contributed by atoms with Gasteiger partial charge in [0.15, 0.2) is 0 Å². The van der Waals surface area contributed by atoms with Crippen LogP contribution < -0.4 is 10.2 Å². The molecule has 0 radical (unpaired) electrons. The molecule has 25 heavy (non-hydrogen) atoms. The summed E-state index contributed by atoms with van der Waals surface area (Å²) in [5.41, 5.74) is 3.05. The summed E-state index contributed by atoms with van der Waals surface area (Å²) >= 11 is 5.96. The van der Waals surface area contributed by atoms with E-state index in [4.69, 9.17) is 16.3 Å². The second kappa shape index (κ2) is 8.37. The Labute approximate surface area is 153 Å². The molecular formula is C20H23ClN2O2. The number of hydrogen-bond donors (Lipinski definition) is 1. The first-order chi connectivity index (χ1) is 12.1. The third-order valence-corrected chi connectivity index (χ3v) is 4.76. The van der Waals surface area contributed by atoms with Crippen molar-refractivity contribution in [2.24, 2.45) is 0 Å². The molecule has 1 atom stereocenters. The molecule has 0 spiro atoms. The third kappa shape index (κ3) is 4.97. The molecule has 1 saturated heterocycles. The number of ether oxygens (including phenoxy) is 1. The summed E-state index contributed by atoms with van der Waals surface area (Å²) in [6.07, 6.45) is 2.48. The van der Waals surface area contributed by atoms with Gasteiger partial charge in [-0.2, -0.15) is 0 Å². The average molecular weight is 359 g/mol. The number of halogens is 1. The maximum absolute atomic E-state index is 12.1. The van der Waals surface area contributed by atoms with Crippen LogP contribution in [0.4, 0.5) is 11.4 Å². The van der Waals surface area contributed by atoms with Crippen LogP contribution in [0.2, 0.25) is 5.02 Å². The van der Waals surface area contributed by atoms with Crippen LogP contribution in [0.1, 0.15) is 18.4 Å². The number of aryl methyl sites for hydroxylation is 1. The van der Waals surface area contributed by atoms with Gasteiger partial charge in [-0.1, -0.05) is 23.7 Å². The zero-order valence-corrected chi connectivity index (χ0v) is 15.1. The maximum Gasteiger partial charge on any atom is 0.224 e. The Morgan fingerprint density at radius 2 is 2.08 bits per heavy atom. The number of nitrogens with zero attached hydrogens (tertiary/aromatic N) is 1. The van der Waals surface area contributed by atoms with Crippen LogP contribution >= 0.6 is 11.6 Å². The van der Waals surface area contributed by atoms with Gasteiger partial charge in [0.2, 0.25) is 5.91 Å². The van der Waals surface area contributed by atoms with Gasteiger partial charge in [-0.15, -0.1) is 0 Å². The number of rotatable bonds is 6. The Hall–Kier alpha value is -2.04. The van der Waals surface area contributed by atoms with Gasteiger partial charge < -0.3 is 15.0 Å². The molecule has 2 aromatic rings. The predicted molar refractivity (Wildman–Crippen MR) is 102 cm³/mol. The molecule has 3 rings (SSSR count). The molecule has 132 valence electrons. The molecule has 2 aromatic carbocycles. The monoisotopic (exact) mass is 358 g/mol. The quantitative estimate of drug-likeness (QED) is 0.843. The number of hydrogen-bond acceptors (Lipinski definition) is 3. The average Bonchev–Trinajstić information content (AvgIpc) is 3.10. The molecule has 1 amide bonds. The highest BCUT2D eigenvalue weighted by molar-refractivity contribution is 6.30. The van der Waals surface area contributed by atoms with E-state index in [1.165, 1.54) is 0 Å². The minimum Gasteiger partial charge on any atom is -0.380 e. The zero-order valence-electron chi connectivity index (χ0n) is 14.4. The molecule has 1 N–H and O–H groups in total. The van der Waals surface area contributed by atoms with Gasteiger partial charge in [0, 0.05) is 43.0 Å². The summed E-state index contributed by atoms with van der Waals surface area (Å²) in [7, 11) is 1.76. The molecule has 0 aromatic heterocycles. The second-order valence-corrected chi connectivity index (χ2v) is 6.75. The lowest BCUT2D eigenvalue weighted by atomic mass is 10.1. The van der Waals surface area contributed by atoms with Crippen molar-refractivity contribution in [2.75, 3.05) is 30.4 Å². The van der Waals surface area contributed by atoms with Crippen LogP contribution in [0, 0.1) is 0 Å². The van der Waals surface area contributed by atoms with Crippen molar-refractivity contribution in [1.82, 2.24) is 0 Å². The fourth-order valence-electron chi connectivity index (χ4n) is 3.08. The first-order valence-corrected chi connectivity index (χ1v) is 8.94. The van der Waals surface area contributed by atoms with Crippen LogP contribution in [-0.4, -0.2) is 32.2 Å². The summed E-state index contributed by atoms with van der Waals surface area (Å²) in [5.74, 6) is 0.00773. The van der Waals surface area contributed by atoms with Crippen LogP contribution in [0.25, 0.3) is 0 Å². The highest BCUT2D eigenvalue weighted by Gasteiger charge is 2.22. The van der Waals surface area contributed by atoms with Gasteiger partial charge in [0.05, 0.1) is 6.10 Å². The lowest BCUT2D eigenvalue weighted by Crippen LogP contribution is -2.22. The van der Waals surface area contributed by atoms with Gasteiger partial charge >= 0.3 is 0 Å². The Morgan fingerprint density at radius 1 is 1.28 bits per heavy atom. The largest absolute Gasteiger partial charge is 0.380 e. The van der Waals surface area contributed by atoms with Crippen LogP contribution in [0.5, 0.6) is 0 Å². The van der Waals surface area contributed by atoms with Crippen molar-refractivity contribution in [3.63, 3.8) is 0 Å². The van der Waals surface area contributed by atoms with Gasteiger partial charge in [-0.3, -0.25) is 4.79 Å². The molecule has 0 unspecified atom stereocenters. The normalized spacial score (nSPS) is 16.9. The first-order valence-electron chi connectivity index (χ1n) is 8.56. The van der Waals surface area contributed by atoms with Crippen molar-refractivity contribution in [2.45, 2.75) is 25.4 Å². The lowest BCUT2D eigenvalue weighted by Gasteiger charge is -2.18. The fraction of sp³-hybridized carbons (Fsp3) is 0.350. The number of nitrogens with one attached hydrogen (secondary N) is 1. The molecular weight excluding hydrogens is 336 g/mol. The number of carbonyl (C=O) groups is 1. The summed E-state index contributed by atoms with van der Waals surface area (Å²) in [6.45, 7) is 1.92. The smallest absolute Gasteiger partial charge is 0.224 e. The van der Waals surface area contributed by atoms with Crippen molar-refractivity contribution in [3.8, 4) is 0 Å². The van der Waals surface area contributed by atoms with E-state index < -0.39 is 0 Å². The number of carbonyl (C=O) groups excluding carboxylic acids is 1. The summed E-state index contributed by atoms with van der Waals surface area (Å²) in [6, 6.07) is 15.6. The standard InChI is InChI=1S/C20H23ClN2O2/c1-25-19-11-12-23(14-19)18-8-6-17(7-9-18)22-20(24)10-5-15-3-2-4-16(21)13-15/h2-4,6-9,13,19H,5,10-12,14H2,1H3,(H,22,24)/t19-/m0/s1. The molecule has 1 fully saturated rings. The molecule has 0 saturated carbocycles. The topological polar surface area (TPSA) is 41.6 Å². The maximum atomic E-state index is 12.1. The van der Waals surface area contributed by atoms with Crippen molar-refractivity contribution < 1.29 is 9.53 Å². The van der Waals surface area contributed by atoms with Gasteiger partial charge in [0.1, 0.15) is 0 Å². The molecule has 1 aliphatic rings. The van der Waals surface area contributed by atoms with E-state index >= 15 is 0 Å². The lowest BCUT2D eigenvalue weighted by molar-refractivity contribution is -0.116. The fourth-order valence-corrected chi connectivity index (χ4v) is 3.30. The molecule has 5 heteroatoms. The summed E-state index contributed by atoms with van der Waals surface area (Å²) < 4.78 is 5.40. The van der Waals surface area contributed by atoms with E-state index in [2.05, 4.69) is 10.2 Å². The first kappa shape index (κ1) is 17.8. The van der Waals surface area contributed by atoms with E-state index in [1.54, 1.807) is 7.11 Å². The van der Waals surface area contributed by atoms with Gasteiger partial charge in [-0.05, 0) is 54.8 Å². The summed E-state index contributed by atoms with van der Waals surface area (Å²) in [5, 5.41) is 3.65. The molecule has 4 nitrogen and oxygen atoms in total. The number of benzene rings is 2. The molecule has 0 bridgehead atoms. The second-order valence-electron chi connectivity index (χ2n) is 6.32. The molecule has 1 aliphatic heterocycles. The van der Waals surface area contributed by atoms with Crippen LogP contribution in [0.3, 0.4) is 0 Å². The predicted octanol–water partition coefficient (Wildman–Crippen LogP) is 4.14. The summed E-state index contributed by atoms with van der Waals surface area (Å²) in [4.78, 5) is 14.4. The van der Waals surface area contributed by atoms with E-state index in [1.807, 2.05) is 48.5 Å². The SMILES string of the molecule is CO[C@H]1CCN(c2ccc(NC(=O)CCc3cccc(Cl)c3)cc2)C1. The van der Waals surface area contributed by atoms with Crippen molar-refractivity contribution in [3.05, 3.63) is 59.1 Å². The van der Waals surface area contributed by atoms with Crippen molar-refractivity contribution >= 4 is 28.9 Å². The van der Waals surface area contributed by atoms with Crippen LogP contribution in [0.15, 0.2) is 48.5 Å². The Bertz CT molecular complexity index is 718. The highest BCUT2D eigenvalue weighted by Crippen LogP contribution is 2.23. The van der Waals surface area contributed by atoms with E-state index in [9.17, 15) is 4.79 Å². The molecule has 0 aliphatic carbocycles. The van der Waals surface area contributed by atoms with E-state index in [-0.39, 0.29) is 5.91 Å². The van der Waals surface area contributed by atoms with Gasteiger partial charge in [0.25, 0.3) is 0 Å². The number of amides is 1. The number of methoxy groups -OCH3 is 1. The van der Waals surface area contributed by atoms with Crippen molar-refractivity contribution in [1.29, 1.82) is 0 Å². The molecule has 1 heterocycles. The third-order valence-electron chi connectivity index (χ3n) is 4.52. The zero-order chi connectivity index (χ0) is 17.6. The van der Waals surface area contributed by atoms with Gasteiger partial charge in [-0.25, -0.2) is 0 Å². The Balaban J connectivity index is 1.50. The Morgan fingerprint density at radius 3 is 2.76 bits per heavy atom. The van der Waals surface area contributed by atoms with E-state index in [0.29, 0.717) is 24.0 Å². The van der Waals surface area contributed by atoms with Crippen LogP contribution in [-0.2, 0) is 16.0 Å². The number of anilines is 2. The van der Waals surface area contributed by atoms with E-state index in [0.717, 1.165) is 36.4 Å². The minimum absolute atomic E-state index is 0.00773.